The average Bonchev–Trinajstić information content (AvgIpc) is 2.35. The fourth-order valence-corrected chi connectivity index (χ4v) is 1.67. The van der Waals surface area contributed by atoms with Crippen LogP contribution in [0, 0.1) is 0 Å². The van der Waals surface area contributed by atoms with Gasteiger partial charge in [0.25, 0.3) is 0 Å². The van der Waals surface area contributed by atoms with E-state index in [4.69, 9.17) is 0 Å². The molecule has 0 radical (unpaired) electrons. The molecule has 0 atom stereocenters. The highest BCUT2D eigenvalue weighted by Crippen LogP contribution is 2.13. The molecular weight excluding hydrogens is 232 g/mol. The topological polar surface area (TPSA) is 46.6 Å². The Bertz CT molecular complexity index is 323. The summed E-state index contributed by atoms with van der Waals surface area (Å²) in [4.78, 5) is 24.1. The smallest absolute Gasteiger partial charge is 0.343 e. The van der Waals surface area contributed by atoms with Crippen LogP contribution in [0.1, 0.15) is 19.3 Å². The van der Waals surface area contributed by atoms with E-state index in [1.807, 2.05) is 0 Å². The maximum atomic E-state index is 12.3. The number of Topliss-reactive ketones (excluding diaryl/α,β-unsaturated/α-hetero) is 1. The second-order valence-corrected chi connectivity index (χ2v) is 3.80. The summed E-state index contributed by atoms with van der Waals surface area (Å²) in [6.07, 6.45) is 0.923. The Kier molecular flexibility index (Phi) is 5.06. The van der Waals surface area contributed by atoms with Gasteiger partial charge in [0, 0.05) is 19.3 Å². The number of piperidine rings is 1. The minimum atomic E-state index is -3.19. The molecule has 0 aromatic carbocycles. The van der Waals surface area contributed by atoms with Crippen LogP contribution < -0.4 is 0 Å². The molecule has 96 valence electrons. The lowest BCUT2D eigenvalue weighted by Crippen LogP contribution is -2.29. The van der Waals surface area contributed by atoms with Crippen molar-refractivity contribution in [3.63, 3.8) is 0 Å². The fraction of sp³-hybridized carbons (Fsp3) is 0.636. The second kappa shape index (κ2) is 6.32. The van der Waals surface area contributed by atoms with Crippen molar-refractivity contribution in [2.24, 2.45) is 0 Å². The first-order chi connectivity index (χ1) is 8.06. The van der Waals surface area contributed by atoms with Crippen molar-refractivity contribution in [3.05, 3.63) is 11.8 Å². The number of carbonyl (C=O) groups excluding carboxylic acids is 2. The highest BCUT2D eigenvalue weighted by Gasteiger charge is 2.27. The van der Waals surface area contributed by atoms with E-state index >= 15 is 0 Å². The summed E-state index contributed by atoms with van der Waals surface area (Å²) in [7, 11) is 1.06. The van der Waals surface area contributed by atoms with Crippen molar-refractivity contribution >= 4 is 11.8 Å². The molecule has 17 heavy (non-hydrogen) atoms. The monoisotopic (exact) mass is 247 g/mol. The van der Waals surface area contributed by atoms with Gasteiger partial charge in [-0.15, -0.1) is 0 Å². The molecule has 1 aliphatic rings. The Hall–Kier alpha value is -1.46. The van der Waals surface area contributed by atoms with Crippen LogP contribution in [-0.4, -0.2) is 43.3 Å². The van der Waals surface area contributed by atoms with Crippen LogP contribution in [0.5, 0.6) is 0 Å². The van der Waals surface area contributed by atoms with Crippen LogP contribution in [-0.2, 0) is 14.3 Å². The molecule has 0 aliphatic carbocycles. The number of hydrogen-bond donors (Lipinski definition) is 0. The molecule has 4 nitrogen and oxygen atoms in total. The summed E-state index contributed by atoms with van der Waals surface area (Å²) in [5.74, 6) is -2.50. The Balaban J connectivity index is 2.84. The molecule has 6 heteroatoms. The molecule has 0 amide bonds. The lowest BCUT2D eigenvalue weighted by molar-refractivity contribution is -0.140. The standard InChI is InChI=1S/C11H15F2NO3/c1-17-11(16)8(9(15)10(12)13)7-14-5-3-2-4-6-14/h7,10H,2-6H2,1H3. The number of hydrogen-bond acceptors (Lipinski definition) is 4. The molecule has 0 saturated carbocycles. The van der Waals surface area contributed by atoms with Crippen LogP contribution in [0.3, 0.4) is 0 Å². The van der Waals surface area contributed by atoms with Gasteiger partial charge < -0.3 is 9.64 Å². The van der Waals surface area contributed by atoms with E-state index in [0.29, 0.717) is 13.1 Å². The molecule has 1 fully saturated rings. The number of methoxy groups -OCH3 is 1. The van der Waals surface area contributed by atoms with Gasteiger partial charge in [-0.2, -0.15) is 0 Å². The largest absolute Gasteiger partial charge is 0.465 e. The highest BCUT2D eigenvalue weighted by molar-refractivity contribution is 6.18. The third-order valence-electron chi connectivity index (χ3n) is 2.57. The number of esters is 1. The van der Waals surface area contributed by atoms with Crippen molar-refractivity contribution in [3.8, 4) is 0 Å². The molecule has 0 unspecified atom stereocenters. The van der Waals surface area contributed by atoms with Gasteiger partial charge in [-0.05, 0) is 19.3 Å². The molecule has 0 spiro atoms. The minimum absolute atomic E-state index is 0.579. The van der Waals surface area contributed by atoms with Gasteiger partial charge in [0.2, 0.25) is 5.78 Å². The molecule has 0 aromatic rings. The van der Waals surface area contributed by atoms with Crippen molar-refractivity contribution < 1.29 is 23.1 Å². The first-order valence-electron chi connectivity index (χ1n) is 5.43. The fourth-order valence-electron chi connectivity index (χ4n) is 1.67. The molecule has 0 aromatic heterocycles. The first-order valence-corrected chi connectivity index (χ1v) is 5.43. The third kappa shape index (κ3) is 3.80. The molecule has 1 rings (SSSR count). The van der Waals surface area contributed by atoms with Crippen molar-refractivity contribution in [2.45, 2.75) is 25.7 Å². The molecule has 0 N–H and O–H groups in total. The van der Waals surface area contributed by atoms with Gasteiger partial charge >= 0.3 is 12.4 Å². The summed E-state index contributed by atoms with van der Waals surface area (Å²) in [5.41, 5.74) is -0.579. The Labute approximate surface area is 98.2 Å². The average molecular weight is 247 g/mol. The van der Waals surface area contributed by atoms with Gasteiger partial charge in [0.1, 0.15) is 5.57 Å². The van der Waals surface area contributed by atoms with Crippen LogP contribution in [0.4, 0.5) is 8.78 Å². The molecule has 0 bridgehead atoms. The van der Waals surface area contributed by atoms with Crippen molar-refractivity contribution in [1.29, 1.82) is 0 Å². The van der Waals surface area contributed by atoms with Gasteiger partial charge in [-0.1, -0.05) is 0 Å². The maximum absolute atomic E-state index is 12.3. The summed E-state index contributed by atoms with van der Waals surface area (Å²) in [6, 6.07) is 0. The molecule has 1 saturated heterocycles. The second-order valence-electron chi connectivity index (χ2n) is 3.80. The Morgan fingerprint density at radius 3 is 2.29 bits per heavy atom. The van der Waals surface area contributed by atoms with Crippen LogP contribution >= 0.6 is 0 Å². The number of likely N-dealkylation sites (tertiary alicyclic amines) is 1. The summed E-state index contributed by atoms with van der Waals surface area (Å²) in [5, 5.41) is 0. The quantitative estimate of drug-likeness (QED) is 0.326. The highest BCUT2D eigenvalue weighted by atomic mass is 19.3. The number of ether oxygens (including phenoxy) is 1. The van der Waals surface area contributed by atoms with Gasteiger partial charge in [0.05, 0.1) is 7.11 Å². The summed E-state index contributed by atoms with van der Waals surface area (Å²) >= 11 is 0. The SMILES string of the molecule is COC(=O)C(=CN1CCCCC1)C(=O)C(F)F. The van der Waals surface area contributed by atoms with E-state index in [-0.39, 0.29) is 0 Å². The zero-order valence-electron chi connectivity index (χ0n) is 9.62. The predicted molar refractivity (Wildman–Crippen MR) is 56.5 cm³/mol. The number of nitrogens with zero attached hydrogens (tertiary/aromatic N) is 1. The van der Waals surface area contributed by atoms with Crippen molar-refractivity contribution in [1.82, 2.24) is 4.90 Å². The normalized spacial score (nSPS) is 17.2. The van der Waals surface area contributed by atoms with Gasteiger partial charge in [-0.3, -0.25) is 4.79 Å². The molecular formula is C11H15F2NO3. The van der Waals surface area contributed by atoms with E-state index in [1.165, 1.54) is 6.20 Å². The van der Waals surface area contributed by atoms with E-state index in [9.17, 15) is 18.4 Å². The van der Waals surface area contributed by atoms with Crippen molar-refractivity contribution in [2.75, 3.05) is 20.2 Å². The van der Waals surface area contributed by atoms with Crippen LogP contribution in [0.15, 0.2) is 11.8 Å². The number of halogens is 2. The van der Waals surface area contributed by atoms with Crippen LogP contribution in [0.25, 0.3) is 0 Å². The number of rotatable bonds is 4. The van der Waals surface area contributed by atoms with Gasteiger partial charge in [-0.25, -0.2) is 13.6 Å². The minimum Gasteiger partial charge on any atom is -0.465 e. The Morgan fingerprint density at radius 1 is 1.24 bits per heavy atom. The maximum Gasteiger partial charge on any atom is 0.343 e. The summed E-state index contributed by atoms with van der Waals surface area (Å²) < 4.78 is 29.0. The molecule has 1 heterocycles. The third-order valence-corrected chi connectivity index (χ3v) is 2.57. The zero-order chi connectivity index (χ0) is 12.8. The van der Waals surface area contributed by atoms with Gasteiger partial charge in [0.15, 0.2) is 0 Å². The van der Waals surface area contributed by atoms with E-state index < -0.39 is 23.8 Å². The Morgan fingerprint density at radius 2 is 1.82 bits per heavy atom. The van der Waals surface area contributed by atoms with E-state index in [0.717, 1.165) is 26.4 Å². The summed E-state index contributed by atoms with van der Waals surface area (Å²) in [6.45, 7) is 1.33. The number of carbonyl (C=O) groups is 2. The lowest BCUT2D eigenvalue weighted by Gasteiger charge is -2.25. The van der Waals surface area contributed by atoms with Crippen LogP contribution in [0.2, 0.25) is 0 Å². The molecule has 1 aliphatic heterocycles. The number of alkyl halides is 2. The van der Waals surface area contributed by atoms with E-state index in [1.54, 1.807) is 4.90 Å². The first kappa shape index (κ1) is 13.6. The zero-order valence-corrected chi connectivity index (χ0v) is 9.62. The lowest BCUT2D eigenvalue weighted by atomic mass is 10.1. The van der Waals surface area contributed by atoms with E-state index in [2.05, 4.69) is 4.74 Å². The predicted octanol–water partition coefficient (Wildman–Crippen LogP) is 1.36. The number of ketones is 1.